The van der Waals surface area contributed by atoms with Crippen LogP contribution in [0.25, 0.3) is 11.3 Å². The second kappa shape index (κ2) is 13.6. The molecule has 232 valence electrons. The minimum atomic E-state index is -0.610. The molecule has 3 rings (SSSR count). The lowest BCUT2D eigenvalue weighted by Crippen LogP contribution is -2.42. The van der Waals surface area contributed by atoms with E-state index in [4.69, 9.17) is 24.8 Å². The molecule has 1 atom stereocenters. The van der Waals surface area contributed by atoms with Crippen LogP contribution in [0.1, 0.15) is 96.1 Å². The van der Waals surface area contributed by atoms with Crippen molar-refractivity contribution in [2.24, 2.45) is 11.3 Å². The lowest BCUT2D eigenvalue weighted by Gasteiger charge is -2.39. The van der Waals surface area contributed by atoms with Crippen LogP contribution in [-0.4, -0.2) is 54.1 Å². The Morgan fingerprint density at radius 3 is 2.33 bits per heavy atom. The van der Waals surface area contributed by atoms with Crippen molar-refractivity contribution in [2.75, 3.05) is 26.9 Å². The highest BCUT2D eigenvalue weighted by molar-refractivity contribution is 5.89. The van der Waals surface area contributed by atoms with Crippen LogP contribution in [-0.2, 0) is 15.9 Å². The Bertz CT molecular complexity index is 1320. The van der Waals surface area contributed by atoms with E-state index in [0.29, 0.717) is 31.1 Å². The number of carbonyl (C=O) groups excluding carboxylic acids is 2. The molecule has 10 heteroatoms. The van der Waals surface area contributed by atoms with Gasteiger partial charge in [0.2, 0.25) is 0 Å². The number of aromatic nitrogens is 1. The first-order chi connectivity index (χ1) is 19.7. The van der Waals surface area contributed by atoms with Crippen LogP contribution in [0.5, 0.6) is 11.5 Å². The molecule has 0 saturated carbocycles. The molecular weight excluding hydrogens is 538 g/mol. The maximum Gasteiger partial charge on any atom is 0.424 e. The predicted molar refractivity (Wildman–Crippen MR) is 162 cm³/mol. The zero-order valence-electron chi connectivity index (χ0n) is 26.4. The van der Waals surface area contributed by atoms with E-state index < -0.39 is 17.7 Å². The normalized spacial score (nSPS) is 14.5. The zero-order chi connectivity index (χ0) is 31.2. The van der Waals surface area contributed by atoms with Gasteiger partial charge in [-0.2, -0.15) is 0 Å². The van der Waals surface area contributed by atoms with Crippen molar-refractivity contribution in [2.45, 2.75) is 92.2 Å². The molecule has 1 aliphatic heterocycles. The number of pyridine rings is 1. The summed E-state index contributed by atoms with van der Waals surface area (Å²) in [5.41, 5.74) is 1.60. The Morgan fingerprint density at radius 1 is 1.02 bits per heavy atom. The quantitative estimate of drug-likeness (QED) is 0.114. The number of amides is 1. The average molecular weight is 586 g/mol. The Kier molecular flexibility index (Phi) is 10.7. The highest BCUT2D eigenvalue weighted by atomic mass is 16.6. The Balaban J connectivity index is 1.70. The van der Waals surface area contributed by atoms with E-state index in [1.165, 1.54) is 6.07 Å². The fraction of sp³-hybridized carbons (Fsp3) is 0.594. The third-order valence-electron chi connectivity index (χ3n) is 7.17. The van der Waals surface area contributed by atoms with Crippen molar-refractivity contribution >= 4 is 12.1 Å². The molecule has 10 nitrogen and oxygen atoms in total. The number of unbranched alkanes of at least 4 members (excludes halogenated alkanes) is 3. The molecule has 0 spiro atoms. The topological polar surface area (TPSA) is 122 Å². The molecule has 2 N–H and O–H groups in total. The molecule has 1 aromatic heterocycles. The summed E-state index contributed by atoms with van der Waals surface area (Å²) in [5, 5.41) is 1.12. The fourth-order valence-corrected chi connectivity index (χ4v) is 5.03. The van der Waals surface area contributed by atoms with Gasteiger partial charge in [0.05, 0.1) is 26.0 Å². The summed E-state index contributed by atoms with van der Waals surface area (Å²) in [6.07, 6.45) is 5.23. The molecule has 0 bridgehead atoms. The van der Waals surface area contributed by atoms with Gasteiger partial charge in [-0.25, -0.2) is 20.4 Å². The van der Waals surface area contributed by atoms with E-state index in [2.05, 4.69) is 20.8 Å². The molecule has 1 aliphatic rings. The number of hydrogen-bond acceptors (Lipinski definition) is 8. The standard InChI is InChI=1S/C32H47N3O7/c1-9-40-29(37)23-20-34-24(19-25(23)36)22-18-26(39-8)27(16-21(22)17-28(34)31(2,3)4)41-15-13-11-10-12-14-35(33)30(38)42-32(5,6)7/h16,18-20,28H,9-15,17,33H2,1-8H3. The minimum absolute atomic E-state index is 0.00203. The van der Waals surface area contributed by atoms with Crippen LogP contribution in [0, 0.1) is 5.41 Å². The summed E-state index contributed by atoms with van der Waals surface area (Å²) in [6, 6.07) is 5.44. The molecule has 1 amide bonds. The molecule has 2 aromatic rings. The number of carbonyl (C=O) groups is 2. The predicted octanol–water partition coefficient (Wildman–Crippen LogP) is 5.89. The maximum absolute atomic E-state index is 13.0. The molecule has 1 unspecified atom stereocenters. The van der Waals surface area contributed by atoms with E-state index in [1.54, 1.807) is 20.2 Å². The number of rotatable bonds is 11. The third-order valence-corrected chi connectivity index (χ3v) is 7.17. The average Bonchev–Trinajstić information content (AvgIpc) is 2.89. The van der Waals surface area contributed by atoms with Gasteiger partial charge in [-0.3, -0.25) is 4.79 Å². The van der Waals surface area contributed by atoms with Crippen LogP contribution >= 0.6 is 0 Å². The summed E-state index contributed by atoms with van der Waals surface area (Å²) in [5.74, 6) is 6.44. The smallest absolute Gasteiger partial charge is 0.424 e. The minimum Gasteiger partial charge on any atom is -0.493 e. The van der Waals surface area contributed by atoms with Gasteiger partial charge in [0.15, 0.2) is 16.9 Å². The molecule has 2 heterocycles. The number of nitrogens with two attached hydrogens (primary N) is 1. The van der Waals surface area contributed by atoms with Crippen LogP contribution in [0.15, 0.2) is 29.2 Å². The van der Waals surface area contributed by atoms with Gasteiger partial charge in [-0.05, 0) is 76.5 Å². The van der Waals surface area contributed by atoms with Crippen LogP contribution in [0.2, 0.25) is 0 Å². The Labute approximate surface area is 249 Å². The van der Waals surface area contributed by atoms with Crippen molar-refractivity contribution in [1.29, 1.82) is 0 Å². The molecule has 0 radical (unpaired) electrons. The first-order valence-corrected chi connectivity index (χ1v) is 14.7. The van der Waals surface area contributed by atoms with Gasteiger partial charge in [0, 0.05) is 30.4 Å². The van der Waals surface area contributed by atoms with Gasteiger partial charge < -0.3 is 23.5 Å². The summed E-state index contributed by atoms with van der Waals surface area (Å²) in [6.45, 7) is 14.7. The summed E-state index contributed by atoms with van der Waals surface area (Å²) in [7, 11) is 1.59. The Morgan fingerprint density at radius 2 is 1.71 bits per heavy atom. The molecule has 42 heavy (non-hydrogen) atoms. The monoisotopic (exact) mass is 585 g/mol. The van der Waals surface area contributed by atoms with Crippen LogP contribution in [0.3, 0.4) is 0 Å². The first kappa shape index (κ1) is 33.0. The number of fused-ring (bicyclic) bond motifs is 3. The number of ether oxygens (including phenoxy) is 4. The van der Waals surface area contributed by atoms with Gasteiger partial charge in [0.25, 0.3) is 0 Å². The lowest BCUT2D eigenvalue weighted by atomic mass is 9.78. The van der Waals surface area contributed by atoms with Gasteiger partial charge in [-0.15, -0.1) is 0 Å². The number of hydrazine groups is 1. The summed E-state index contributed by atoms with van der Waals surface area (Å²) < 4.78 is 24.3. The fourth-order valence-electron chi connectivity index (χ4n) is 5.03. The second-order valence-corrected chi connectivity index (χ2v) is 12.7. The molecule has 0 fully saturated rings. The van der Waals surface area contributed by atoms with E-state index in [1.807, 2.05) is 37.5 Å². The highest BCUT2D eigenvalue weighted by Crippen LogP contribution is 2.45. The summed E-state index contributed by atoms with van der Waals surface area (Å²) in [4.78, 5) is 37.4. The first-order valence-electron chi connectivity index (χ1n) is 14.7. The second-order valence-electron chi connectivity index (χ2n) is 12.7. The molecule has 1 aromatic carbocycles. The summed E-state index contributed by atoms with van der Waals surface area (Å²) >= 11 is 0. The van der Waals surface area contributed by atoms with E-state index >= 15 is 0 Å². The number of benzene rings is 1. The van der Waals surface area contributed by atoms with E-state index in [-0.39, 0.29) is 29.1 Å². The zero-order valence-corrected chi connectivity index (χ0v) is 26.4. The number of methoxy groups -OCH3 is 1. The highest BCUT2D eigenvalue weighted by Gasteiger charge is 2.34. The van der Waals surface area contributed by atoms with Crippen molar-refractivity contribution in [3.63, 3.8) is 0 Å². The van der Waals surface area contributed by atoms with Crippen molar-refractivity contribution in [3.05, 3.63) is 45.7 Å². The number of hydrogen-bond donors (Lipinski definition) is 1. The molecular formula is C32H47N3O7. The SMILES string of the molecule is CCOC(=O)c1cn2c(cc1=O)-c1cc(OC)c(OCCCCCCN(N)C(=O)OC(C)(C)C)cc1CC2C(C)(C)C. The van der Waals surface area contributed by atoms with E-state index in [9.17, 15) is 14.4 Å². The van der Waals surface area contributed by atoms with Crippen LogP contribution in [0.4, 0.5) is 4.79 Å². The van der Waals surface area contributed by atoms with Crippen molar-refractivity contribution in [1.82, 2.24) is 9.58 Å². The Hall–Kier alpha value is -3.53. The van der Waals surface area contributed by atoms with Gasteiger partial charge >= 0.3 is 12.1 Å². The van der Waals surface area contributed by atoms with Crippen molar-refractivity contribution in [3.8, 4) is 22.8 Å². The van der Waals surface area contributed by atoms with Gasteiger partial charge in [0.1, 0.15) is 11.2 Å². The third kappa shape index (κ3) is 8.27. The van der Waals surface area contributed by atoms with Gasteiger partial charge in [-0.1, -0.05) is 27.2 Å². The molecule has 0 saturated heterocycles. The maximum atomic E-state index is 13.0. The lowest BCUT2D eigenvalue weighted by molar-refractivity contribution is 0.0244. The van der Waals surface area contributed by atoms with Crippen LogP contribution < -0.4 is 20.7 Å². The number of nitrogens with zero attached hydrogens (tertiary/aromatic N) is 2. The van der Waals surface area contributed by atoms with Crippen molar-refractivity contribution < 1.29 is 28.5 Å². The molecule has 0 aliphatic carbocycles. The van der Waals surface area contributed by atoms with E-state index in [0.717, 1.165) is 47.5 Å². The largest absolute Gasteiger partial charge is 0.493 e. The number of esters is 1.